The predicted molar refractivity (Wildman–Crippen MR) is 267 cm³/mol. The molecule has 5 nitrogen and oxygen atoms in total. The van der Waals surface area contributed by atoms with Crippen LogP contribution in [0.2, 0.25) is 0 Å². The van der Waals surface area contributed by atoms with Crippen LogP contribution in [-0.4, -0.2) is 21.0 Å². The number of nitrogens with zero attached hydrogens (tertiary/aromatic N) is 3. The molecule has 10 rings (SSSR count). The molecule has 0 saturated heterocycles. The van der Waals surface area contributed by atoms with Crippen LogP contribution >= 0.6 is 0 Å². The van der Waals surface area contributed by atoms with E-state index in [-0.39, 0.29) is 22.7 Å². The highest BCUT2D eigenvalue weighted by atomic mass is 16.5. The lowest BCUT2D eigenvalue weighted by molar-refractivity contribution is 0.0178. The van der Waals surface area contributed by atoms with Gasteiger partial charge >= 0.3 is 0 Å². The van der Waals surface area contributed by atoms with Crippen LogP contribution < -0.4 is 4.74 Å². The number of hydrogen-bond donors (Lipinski definition) is 0. The van der Waals surface area contributed by atoms with E-state index in [1.165, 1.54) is 49.8 Å². The summed E-state index contributed by atoms with van der Waals surface area (Å²) in [6, 6.07) is 26.6. The Labute approximate surface area is 383 Å². The number of rotatable bonds is 4. The van der Waals surface area contributed by atoms with Crippen molar-refractivity contribution in [2.24, 2.45) is 4.99 Å². The Balaban J connectivity index is 1.15. The van der Waals surface area contributed by atoms with Crippen molar-refractivity contribution >= 4 is 27.8 Å². The zero-order valence-electron chi connectivity index (χ0n) is 42.9. The quantitative estimate of drug-likeness (QED) is 0.177. The van der Waals surface area contributed by atoms with E-state index in [0.717, 1.165) is 67.0 Å². The Morgan fingerprint density at radius 3 is 2.09 bits per heavy atom. The molecule has 0 amide bonds. The van der Waals surface area contributed by atoms with Crippen LogP contribution in [0.15, 0.2) is 84.0 Å². The molecule has 0 bridgehead atoms. The van der Waals surface area contributed by atoms with Gasteiger partial charge in [0.05, 0.1) is 11.2 Å². The minimum Gasteiger partial charge on any atom is -0.464 e. The number of ether oxygens (including phenoxy) is 2. The van der Waals surface area contributed by atoms with Crippen molar-refractivity contribution < 1.29 is 12.2 Å². The number of hydrogen-bond acceptors (Lipinski definition) is 4. The molecule has 7 aromatic rings. The monoisotopic (exact) mass is 850 g/mol. The van der Waals surface area contributed by atoms with Crippen LogP contribution in [0.3, 0.4) is 0 Å². The summed E-state index contributed by atoms with van der Waals surface area (Å²) in [6.07, 6.45) is 0.475. The summed E-state index contributed by atoms with van der Waals surface area (Å²) in [4.78, 5) is 10.4. The average Bonchev–Trinajstić information content (AvgIpc) is 3.67. The highest BCUT2D eigenvalue weighted by Gasteiger charge is 2.57. The van der Waals surface area contributed by atoms with Crippen molar-refractivity contribution in [1.29, 1.82) is 0 Å². The van der Waals surface area contributed by atoms with Gasteiger partial charge in [0, 0.05) is 42.3 Å². The lowest BCUT2D eigenvalue weighted by Crippen LogP contribution is -2.48. The number of pyridine rings is 1. The van der Waals surface area contributed by atoms with Gasteiger partial charge in [-0.15, -0.1) is 0 Å². The largest absolute Gasteiger partial charge is 0.464 e. The minimum atomic E-state index is -1.62. The van der Waals surface area contributed by atoms with Gasteiger partial charge < -0.3 is 9.47 Å². The van der Waals surface area contributed by atoms with Gasteiger partial charge in [0.15, 0.2) is 5.60 Å². The lowest BCUT2D eigenvalue weighted by Gasteiger charge is -2.44. The van der Waals surface area contributed by atoms with Crippen LogP contribution in [0.5, 0.6) is 11.5 Å². The Kier molecular flexibility index (Phi) is 8.52. The molecule has 0 saturated carbocycles. The molecule has 0 unspecified atom stereocenters. The standard InChI is InChI=1S/C59H65N3O2/c1-32-22-34(3)50(35(4)23-32)38-26-39(54-61-58(15)20-19-42-37(6)51(56(10,11)12)36(5)25-45(42)59(58,16)64-54)28-41(27-38)63-49-31-48-46(24-33(49)2)57(13,14)47-30-40(55(7,8)9)29-44-43-18-17-21-60-53(43)62(48)52(44)47/h17-18,21-31H,19-20H2,1-16H3/t58-,59+/m1/s1/i19D2. The third kappa shape index (κ3) is 6.08. The van der Waals surface area contributed by atoms with Crippen LogP contribution in [0.1, 0.15) is 151 Å². The third-order valence-corrected chi connectivity index (χ3v) is 15.0. The Morgan fingerprint density at radius 2 is 1.41 bits per heavy atom. The molecule has 64 heavy (non-hydrogen) atoms. The molecular formula is C59H65N3O2. The molecule has 2 aromatic heterocycles. The van der Waals surface area contributed by atoms with Gasteiger partial charge in [0.2, 0.25) is 5.90 Å². The summed E-state index contributed by atoms with van der Waals surface area (Å²) in [5.41, 5.74) is 17.3. The fourth-order valence-electron chi connectivity index (χ4n) is 11.8. The molecule has 0 fully saturated rings. The van der Waals surface area contributed by atoms with Crippen molar-refractivity contribution in [2.45, 2.75) is 151 Å². The average molecular weight is 850 g/mol. The fourth-order valence-corrected chi connectivity index (χ4v) is 11.8. The van der Waals surface area contributed by atoms with E-state index in [4.69, 9.17) is 19.5 Å². The minimum absolute atomic E-state index is 0.0244. The second-order valence-electron chi connectivity index (χ2n) is 22.3. The molecule has 4 heterocycles. The van der Waals surface area contributed by atoms with Gasteiger partial charge in [0.25, 0.3) is 0 Å². The fraction of sp³-hybridized carbons (Fsp3) is 0.390. The summed E-state index contributed by atoms with van der Waals surface area (Å²) in [5.74, 6) is 1.93. The highest BCUT2D eigenvalue weighted by Crippen LogP contribution is 2.55. The summed E-state index contributed by atoms with van der Waals surface area (Å²) in [7, 11) is 0. The van der Waals surface area contributed by atoms with Crippen molar-refractivity contribution in [1.82, 2.24) is 9.55 Å². The van der Waals surface area contributed by atoms with E-state index in [1.54, 1.807) is 0 Å². The van der Waals surface area contributed by atoms with E-state index in [2.05, 4.69) is 182 Å². The van der Waals surface area contributed by atoms with Gasteiger partial charge in [-0.3, -0.25) is 4.57 Å². The van der Waals surface area contributed by atoms with Crippen molar-refractivity contribution in [2.75, 3.05) is 0 Å². The van der Waals surface area contributed by atoms with Gasteiger partial charge in [-0.2, -0.15) is 0 Å². The summed E-state index contributed by atoms with van der Waals surface area (Å²) >= 11 is 0. The van der Waals surface area contributed by atoms with E-state index < -0.39 is 17.5 Å². The second-order valence-corrected chi connectivity index (χ2v) is 22.3. The smallest absolute Gasteiger partial charge is 0.217 e. The molecular weight excluding hydrogens is 783 g/mol. The molecule has 5 aromatic carbocycles. The van der Waals surface area contributed by atoms with Crippen LogP contribution in [0.25, 0.3) is 38.8 Å². The third-order valence-electron chi connectivity index (χ3n) is 15.0. The van der Waals surface area contributed by atoms with E-state index >= 15 is 0 Å². The predicted octanol–water partition coefficient (Wildman–Crippen LogP) is 15.1. The zero-order valence-corrected chi connectivity index (χ0v) is 40.9. The molecule has 3 aliphatic rings. The SMILES string of the molecule is [2H]C1([2H])C[C@@]2(C)N=C(c3cc(Oc4cc5c(cc4C)C(C)(C)c4cc(C(C)(C)C)cc6c7cccnc7n-5c46)cc(-c4c(C)cc(C)cc4C)c3)O[C@@]2(C)c2cc(C)c(C(C)(C)C)c(C)c21. The van der Waals surface area contributed by atoms with Crippen LogP contribution in [0.4, 0.5) is 0 Å². The molecule has 5 heteroatoms. The van der Waals surface area contributed by atoms with Gasteiger partial charge in [-0.25, -0.2) is 9.98 Å². The Bertz CT molecular complexity index is 3280. The first kappa shape index (κ1) is 39.9. The normalized spacial score (nSPS) is 21.2. The first-order valence-electron chi connectivity index (χ1n) is 24.1. The van der Waals surface area contributed by atoms with Crippen molar-refractivity contribution in [3.63, 3.8) is 0 Å². The number of benzene rings is 5. The molecule has 328 valence electrons. The molecule has 2 atom stereocenters. The summed E-state index contributed by atoms with van der Waals surface area (Å²) in [5, 5.41) is 2.36. The number of aromatic nitrogens is 2. The first-order chi connectivity index (χ1) is 30.6. The van der Waals surface area contributed by atoms with Gasteiger partial charge in [0.1, 0.15) is 22.7 Å². The lowest BCUT2D eigenvalue weighted by atomic mass is 9.65. The topological polar surface area (TPSA) is 48.6 Å². The summed E-state index contributed by atoms with van der Waals surface area (Å²) < 4.78 is 36.0. The van der Waals surface area contributed by atoms with E-state index in [0.29, 0.717) is 11.6 Å². The Morgan fingerprint density at radius 1 is 0.719 bits per heavy atom. The number of aliphatic imine (C=N–C) groups is 1. The molecule has 1 aliphatic carbocycles. The van der Waals surface area contributed by atoms with Crippen molar-refractivity contribution in [3.05, 3.63) is 151 Å². The second kappa shape index (κ2) is 13.7. The van der Waals surface area contributed by atoms with Gasteiger partial charge in [-0.05, 0) is 188 Å². The molecule has 0 N–H and O–H groups in total. The van der Waals surface area contributed by atoms with Crippen LogP contribution in [0, 0.1) is 41.5 Å². The maximum absolute atomic E-state index is 9.60. The first-order valence-corrected chi connectivity index (χ1v) is 23.1. The Hall–Kier alpha value is -5.68. The number of fused-ring (bicyclic) bond motifs is 8. The van der Waals surface area contributed by atoms with E-state index in [9.17, 15) is 2.74 Å². The summed E-state index contributed by atoms with van der Waals surface area (Å²) in [6.45, 7) is 35.3. The van der Waals surface area contributed by atoms with Gasteiger partial charge in [-0.1, -0.05) is 85.2 Å². The molecule has 0 spiro atoms. The van der Waals surface area contributed by atoms with E-state index in [1.807, 2.05) is 12.3 Å². The van der Waals surface area contributed by atoms with Crippen LogP contribution in [-0.2, 0) is 33.0 Å². The maximum atomic E-state index is 9.60. The molecule has 2 aliphatic heterocycles. The van der Waals surface area contributed by atoms with Crippen molar-refractivity contribution in [3.8, 4) is 28.3 Å². The molecule has 0 radical (unpaired) electrons. The number of aryl methyl sites for hydroxylation is 5. The highest BCUT2D eigenvalue weighted by molar-refractivity contribution is 6.10. The zero-order chi connectivity index (χ0) is 47.6. The maximum Gasteiger partial charge on any atom is 0.217 e.